The second-order valence-electron chi connectivity index (χ2n) is 9.37. The molecule has 3 aliphatic heterocycles. The number of hydrogen-bond acceptors (Lipinski definition) is 8. The highest BCUT2D eigenvalue weighted by molar-refractivity contribution is 6.03. The number of nitrogens with zero attached hydrogens (tertiary/aromatic N) is 5. The van der Waals surface area contributed by atoms with Crippen LogP contribution >= 0.6 is 0 Å². The van der Waals surface area contributed by atoms with Crippen LogP contribution in [0.4, 0.5) is 4.79 Å². The molecular weight excluding hydrogens is 460 g/mol. The van der Waals surface area contributed by atoms with Crippen molar-refractivity contribution in [3.63, 3.8) is 0 Å². The van der Waals surface area contributed by atoms with Crippen molar-refractivity contribution in [2.24, 2.45) is 4.99 Å². The zero-order chi connectivity index (χ0) is 25.1. The van der Waals surface area contributed by atoms with Crippen molar-refractivity contribution in [2.75, 3.05) is 46.4 Å². The lowest BCUT2D eigenvalue weighted by Crippen LogP contribution is -2.65. The van der Waals surface area contributed by atoms with Gasteiger partial charge in [0.15, 0.2) is 18.2 Å². The Labute approximate surface area is 210 Å². The van der Waals surface area contributed by atoms with Crippen LogP contribution < -0.4 is 10.1 Å². The molecular formula is C26H32N6O4. The molecule has 190 valence electrons. The number of carbonyl (C=O) groups excluding carboxylic acids is 2. The molecule has 2 aromatic rings. The monoisotopic (exact) mass is 492 g/mol. The number of urea groups is 1. The number of amides is 3. The van der Waals surface area contributed by atoms with Gasteiger partial charge in [-0.15, -0.1) is 0 Å². The average molecular weight is 493 g/mol. The Morgan fingerprint density at radius 3 is 2.39 bits per heavy atom. The number of aliphatic hydroxyl groups is 1. The lowest BCUT2D eigenvalue weighted by atomic mass is 10.1. The molecule has 0 saturated carbocycles. The molecule has 3 unspecified atom stereocenters. The summed E-state index contributed by atoms with van der Waals surface area (Å²) in [6, 6.07) is 18.5. The van der Waals surface area contributed by atoms with Crippen LogP contribution in [0.2, 0.25) is 0 Å². The van der Waals surface area contributed by atoms with E-state index in [2.05, 4.69) is 27.2 Å². The summed E-state index contributed by atoms with van der Waals surface area (Å²) in [6.07, 6.45) is -1.49. The summed E-state index contributed by atoms with van der Waals surface area (Å²) in [6.45, 7) is 4.27. The number of carbonyl (C=O) groups is 2. The summed E-state index contributed by atoms with van der Waals surface area (Å²) in [5.41, 5.74) is 1.27. The molecule has 10 heteroatoms. The van der Waals surface area contributed by atoms with Crippen LogP contribution in [0.5, 0.6) is 5.75 Å². The van der Waals surface area contributed by atoms with Gasteiger partial charge in [0.2, 0.25) is 0 Å². The van der Waals surface area contributed by atoms with Crippen LogP contribution in [0.3, 0.4) is 0 Å². The van der Waals surface area contributed by atoms with Crippen LogP contribution in [0, 0.1) is 0 Å². The summed E-state index contributed by atoms with van der Waals surface area (Å²) < 4.78 is 5.73. The number of benzene rings is 2. The van der Waals surface area contributed by atoms with Gasteiger partial charge in [0.1, 0.15) is 18.5 Å². The minimum atomic E-state index is -0.857. The van der Waals surface area contributed by atoms with E-state index in [-0.39, 0.29) is 13.2 Å². The van der Waals surface area contributed by atoms with Gasteiger partial charge in [0.05, 0.1) is 6.54 Å². The zero-order valence-electron chi connectivity index (χ0n) is 20.4. The quantitative estimate of drug-likeness (QED) is 0.590. The van der Waals surface area contributed by atoms with Crippen LogP contribution in [-0.4, -0.2) is 107 Å². The van der Waals surface area contributed by atoms with Crippen molar-refractivity contribution in [1.29, 1.82) is 0 Å². The minimum absolute atomic E-state index is 0.0758. The SMILES string of the molecule is CN1C(=O)NC(=O)C2C1N=C(N1CCN(Cc3ccccc3)CC1)N2CC(O)COc1ccccc1. The molecule has 2 fully saturated rings. The molecule has 2 aromatic carbocycles. The molecule has 0 spiro atoms. The minimum Gasteiger partial charge on any atom is -0.491 e. The van der Waals surface area contributed by atoms with Gasteiger partial charge < -0.3 is 24.5 Å². The fourth-order valence-corrected chi connectivity index (χ4v) is 4.91. The van der Waals surface area contributed by atoms with Crippen molar-refractivity contribution < 1.29 is 19.4 Å². The van der Waals surface area contributed by atoms with E-state index < -0.39 is 30.2 Å². The maximum atomic E-state index is 12.9. The first-order chi connectivity index (χ1) is 17.5. The van der Waals surface area contributed by atoms with Gasteiger partial charge in [-0.1, -0.05) is 48.5 Å². The summed E-state index contributed by atoms with van der Waals surface area (Å²) in [4.78, 5) is 37.8. The molecule has 36 heavy (non-hydrogen) atoms. The maximum Gasteiger partial charge on any atom is 0.325 e. The second-order valence-corrected chi connectivity index (χ2v) is 9.37. The Bertz CT molecular complexity index is 1090. The van der Waals surface area contributed by atoms with Crippen molar-refractivity contribution in [2.45, 2.75) is 24.9 Å². The molecule has 0 aliphatic carbocycles. The maximum absolute atomic E-state index is 12.9. The molecule has 3 amide bonds. The number of hydrogen-bond donors (Lipinski definition) is 2. The number of aliphatic hydroxyl groups excluding tert-OH is 1. The number of piperazine rings is 1. The van der Waals surface area contributed by atoms with E-state index in [4.69, 9.17) is 9.73 Å². The third kappa shape index (κ3) is 5.14. The predicted octanol–water partition coefficient (Wildman–Crippen LogP) is 0.792. The normalized spacial score (nSPS) is 23.3. The van der Waals surface area contributed by atoms with E-state index in [1.54, 1.807) is 7.05 Å². The molecule has 3 atom stereocenters. The third-order valence-corrected chi connectivity index (χ3v) is 6.84. The third-order valence-electron chi connectivity index (χ3n) is 6.84. The summed E-state index contributed by atoms with van der Waals surface area (Å²) in [5, 5.41) is 13.2. The highest BCUT2D eigenvalue weighted by atomic mass is 16.5. The number of guanidine groups is 1. The van der Waals surface area contributed by atoms with Crippen LogP contribution in [0.1, 0.15) is 5.56 Å². The Balaban J connectivity index is 1.28. The van der Waals surface area contributed by atoms with Crippen LogP contribution in [-0.2, 0) is 11.3 Å². The number of β-amino-alcohol motifs (C(OH)–C–C–N with tert-alkyl or cyclic N) is 1. The van der Waals surface area contributed by atoms with E-state index in [1.165, 1.54) is 10.5 Å². The number of likely N-dealkylation sites (N-methyl/N-ethyl adjacent to an activating group) is 1. The second kappa shape index (κ2) is 10.5. The van der Waals surface area contributed by atoms with Crippen molar-refractivity contribution in [3.05, 3.63) is 66.2 Å². The van der Waals surface area contributed by atoms with Gasteiger partial charge in [0.25, 0.3) is 5.91 Å². The Kier molecular flexibility index (Phi) is 7.06. The Morgan fingerprint density at radius 2 is 1.69 bits per heavy atom. The number of fused-ring (bicyclic) bond motifs is 1. The fourth-order valence-electron chi connectivity index (χ4n) is 4.91. The number of ether oxygens (including phenoxy) is 1. The summed E-state index contributed by atoms with van der Waals surface area (Å²) in [7, 11) is 1.64. The highest BCUT2D eigenvalue weighted by Crippen LogP contribution is 2.26. The van der Waals surface area contributed by atoms with E-state index >= 15 is 0 Å². The molecule has 3 aliphatic rings. The number of imide groups is 1. The Hall–Kier alpha value is -3.63. The standard InChI is InChI=1S/C26H32N6O4/c1-29-23-22(24(34)28-26(29)35)32(17-20(33)18-36-21-10-6-3-7-11-21)25(27-23)31-14-12-30(13-15-31)16-19-8-4-2-5-9-19/h2-11,20,22-23,33H,12-18H2,1H3,(H,28,34,35). The largest absolute Gasteiger partial charge is 0.491 e. The number of rotatable bonds is 7. The molecule has 0 aromatic heterocycles. The topological polar surface area (TPSA) is 101 Å². The lowest BCUT2D eigenvalue weighted by molar-refractivity contribution is -0.127. The number of para-hydroxylation sites is 1. The van der Waals surface area contributed by atoms with Gasteiger partial charge >= 0.3 is 6.03 Å². The highest BCUT2D eigenvalue weighted by Gasteiger charge is 2.50. The predicted molar refractivity (Wildman–Crippen MR) is 134 cm³/mol. The van der Waals surface area contributed by atoms with Gasteiger partial charge in [-0.05, 0) is 17.7 Å². The summed E-state index contributed by atoms with van der Waals surface area (Å²) in [5.74, 6) is 0.903. The van der Waals surface area contributed by atoms with Crippen LogP contribution in [0.15, 0.2) is 65.7 Å². The molecule has 2 saturated heterocycles. The average Bonchev–Trinajstić information content (AvgIpc) is 3.27. The first kappa shape index (κ1) is 24.1. The molecule has 3 heterocycles. The van der Waals surface area contributed by atoms with Crippen molar-refractivity contribution in [3.8, 4) is 5.75 Å². The number of nitrogens with one attached hydrogen (secondary N) is 1. The molecule has 5 rings (SSSR count). The van der Waals surface area contributed by atoms with Gasteiger partial charge in [-0.2, -0.15) is 0 Å². The van der Waals surface area contributed by atoms with E-state index in [0.29, 0.717) is 11.7 Å². The van der Waals surface area contributed by atoms with Gasteiger partial charge in [0, 0.05) is 39.8 Å². The molecule has 2 N–H and O–H groups in total. The molecule has 10 nitrogen and oxygen atoms in total. The van der Waals surface area contributed by atoms with Gasteiger partial charge in [-0.3, -0.25) is 15.0 Å². The first-order valence-corrected chi connectivity index (χ1v) is 12.3. The van der Waals surface area contributed by atoms with Crippen molar-refractivity contribution in [1.82, 2.24) is 24.9 Å². The summed E-state index contributed by atoms with van der Waals surface area (Å²) >= 11 is 0. The fraction of sp³-hybridized carbons (Fsp3) is 0.423. The van der Waals surface area contributed by atoms with E-state index in [0.717, 1.165) is 32.7 Å². The zero-order valence-corrected chi connectivity index (χ0v) is 20.4. The lowest BCUT2D eigenvalue weighted by Gasteiger charge is -2.41. The molecule has 0 radical (unpaired) electrons. The van der Waals surface area contributed by atoms with Crippen LogP contribution in [0.25, 0.3) is 0 Å². The Morgan fingerprint density at radius 1 is 1.03 bits per heavy atom. The first-order valence-electron chi connectivity index (χ1n) is 12.3. The van der Waals surface area contributed by atoms with Gasteiger partial charge in [-0.25, -0.2) is 9.79 Å². The number of aliphatic imine (C=N–C) groups is 1. The van der Waals surface area contributed by atoms with E-state index in [1.807, 2.05) is 53.4 Å². The smallest absolute Gasteiger partial charge is 0.325 e. The molecule has 0 bridgehead atoms. The van der Waals surface area contributed by atoms with E-state index in [9.17, 15) is 14.7 Å². The van der Waals surface area contributed by atoms with Crippen molar-refractivity contribution >= 4 is 17.9 Å².